The van der Waals surface area contributed by atoms with Crippen LogP contribution in [0.2, 0.25) is 0 Å². The highest BCUT2D eigenvalue weighted by Gasteiger charge is 2.32. The van der Waals surface area contributed by atoms with E-state index in [0.717, 1.165) is 19.5 Å². The summed E-state index contributed by atoms with van der Waals surface area (Å²) in [5.74, 6) is 0.536. The number of thiophene rings is 1. The molecule has 3 nitrogen and oxygen atoms in total. The van der Waals surface area contributed by atoms with Gasteiger partial charge in [0, 0.05) is 24.0 Å². The molecule has 2 amide bonds. The molecule has 0 spiro atoms. The number of nitrogens with one attached hydrogen (secondary N) is 1. The number of hydrogen-bond donors (Lipinski definition) is 1. The van der Waals surface area contributed by atoms with Crippen molar-refractivity contribution in [3.05, 3.63) is 22.4 Å². The van der Waals surface area contributed by atoms with Crippen LogP contribution >= 0.6 is 11.3 Å². The van der Waals surface area contributed by atoms with Crippen molar-refractivity contribution in [2.45, 2.75) is 39.2 Å². The number of hydrogen-bond acceptors (Lipinski definition) is 2. The predicted molar refractivity (Wildman–Crippen MR) is 76.0 cm³/mol. The second-order valence-corrected chi connectivity index (χ2v) is 6.37. The van der Waals surface area contributed by atoms with E-state index < -0.39 is 0 Å². The summed E-state index contributed by atoms with van der Waals surface area (Å²) in [6.07, 6.45) is 3.28. The van der Waals surface area contributed by atoms with Gasteiger partial charge in [-0.3, -0.25) is 0 Å². The quantitative estimate of drug-likeness (QED) is 0.843. The lowest BCUT2D eigenvalue weighted by molar-refractivity contribution is 0.187. The summed E-state index contributed by atoms with van der Waals surface area (Å²) in [5, 5.41) is 5.12. The molecular formula is C14H22N2OS. The van der Waals surface area contributed by atoms with Crippen molar-refractivity contribution < 1.29 is 4.79 Å². The van der Waals surface area contributed by atoms with E-state index in [1.807, 2.05) is 4.90 Å². The predicted octanol–water partition coefficient (Wildman–Crippen LogP) is 3.12. The Morgan fingerprint density at radius 1 is 1.56 bits per heavy atom. The molecule has 0 saturated heterocycles. The molecule has 4 heteroatoms. The SMILES string of the molecule is CC(C)CN(C(=O)NCCc1cccs1)C1CC1. The van der Waals surface area contributed by atoms with Crippen LogP contribution in [0.4, 0.5) is 4.79 Å². The first-order valence-electron chi connectivity index (χ1n) is 6.73. The van der Waals surface area contributed by atoms with Crippen molar-refractivity contribution >= 4 is 17.4 Å². The van der Waals surface area contributed by atoms with Gasteiger partial charge in [0.05, 0.1) is 0 Å². The molecule has 1 saturated carbocycles. The normalized spacial score (nSPS) is 14.8. The van der Waals surface area contributed by atoms with Crippen LogP contribution in [0.1, 0.15) is 31.6 Å². The Morgan fingerprint density at radius 2 is 2.33 bits per heavy atom. The molecule has 0 unspecified atom stereocenters. The van der Waals surface area contributed by atoms with Crippen LogP contribution in [0, 0.1) is 5.92 Å². The molecule has 0 aromatic carbocycles. The Labute approximate surface area is 113 Å². The monoisotopic (exact) mass is 266 g/mol. The van der Waals surface area contributed by atoms with Gasteiger partial charge in [0.25, 0.3) is 0 Å². The van der Waals surface area contributed by atoms with Crippen molar-refractivity contribution in [1.29, 1.82) is 0 Å². The van der Waals surface area contributed by atoms with Crippen LogP contribution in [-0.4, -0.2) is 30.1 Å². The first-order chi connectivity index (χ1) is 8.66. The number of carbonyl (C=O) groups excluding carboxylic acids is 1. The minimum atomic E-state index is 0.114. The third-order valence-corrected chi connectivity index (χ3v) is 3.97. The summed E-state index contributed by atoms with van der Waals surface area (Å²) >= 11 is 1.75. The van der Waals surface area contributed by atoms with Gasteiger partial charge in [-0.05, 0) is 36.6 Å². The minimum Gasteiger partial charge on any atom is -0.338 e. The molecule has 0 radical (unpaired) electrons. The molecule has 1 fully saturated rings. The molecular weight excluding hydrogens is 244 g/mol. The van der Waals surface area contributed by atoms with Crippen molar-refractivity contribution in [2.75, 3.05) is 13.1 Å². The van der Waals surface area contributed by atoms with E-state index >= 15 is 0 Å². The summed E-state index contributed by atoms with van der Waals surface area (Å²) in [5.41, 5.74) is 0. The van der Waals surface area contributed by atoms with Gasteiger partial charge < -0.3 is 10.2 Å². The highest BCUT2D eigenvalue weighted by Crippen LogP contribution is 2.27. The zero-order chi connectivity index (χ0) is 13.0. The van der Waals surface area contributed by atoms with E-state index in [1.54, 1.807) is 11.3 Å². The summed E-state index contributed by atoms with van der Waals surface area (Å²) in [6, 6.07) is 4.78. The molecule has 1 heterocycles. The topological polar surface area (TPSA) is 32.3 Å². The number of rotatable bonds is 6. The van der Waals surface area contributed by atoms with Gasteiger partial charge >= 0.3 is 6.03 Å². The van der Waals surface area contributed by atoms with E-state index in [1.165, 1.54) is 17.7 Å². The van der Waals surface area contributed by atoms with E-state index in [-0.39, 0.29) is 6.03 Å². The highest BCUT2D eigenvalue weighted by molar-refractivity contribution is 7.09. The molecule has 1 aromatic rings. The standard InChI is InChI=1S/C14H22N2OS/c1-11(2)10-16(12-5-6-12)14(17)15-8-7-13-4-3-9-18-13/h3-4,9,11-12H,5-8,10H2,1-2H3,(H,15,17). The molecule has 18 heavy (non-hydrogen) atoms. The molecule has 0 aliphatic heterocycles. The summed E-state index contributed by atoms with van der Waals surface area (Å²) < 4.78 is 0. The minimum absolute atomic E-state index is 0.114. The third kappa shape index (κ3) is 4.02. The van der Waals surface area contributed by atoms with E-state index in [2.05, 4.69) is 36.7 Å². The second kappa shape index (κ2) is 6.23. The van der Waals surface area contributed by atoms with Gasteiger partial charge in [-0.1, -0.05) is 19.9 Å². The molecule has 100 valence electrons. The summed E-state index contributed by atoms with van der Waals surface area (Å²) in [6.45, 7) is 5.93. The molecule has 1 aliphatic carbocycles. The van der Waals surface area contributed by atoms with Crippen LogP contribution in [0.5, 0.6) is 0 Å². The van der Waals surface area contributed by atoms with E-state index in [9.17, 15) is 4.79 Å². The lowest BCUT2D eigenvalue weighted by Crippen LogP contribution is -2.43. The van der Waals surface area contributed by atoms with Gasteiger partial charge in [-0.25, -0.2) is 4.79 Å². The number of nitrogens with zero attached hydrogens (tertiary/aromatic N) is 1. The fourth-order valence-corrected chi connectivity index (χ4v) is 2.74. The third-order valence-electron chi connectivity index (χ3n) is 3.04. The lowest BCUT2D eigenvalue weighted by atomic mass is 10.2. The molecule has 0 bridgehead atoms. The average Bonchev–Trinajstić information content (AvgIpc) is 3.03. The van der Waals surface area contributed by atoms with Crippen LogP contribution in [-0.2, 0) is 6.42 Å². The Balaban J connectivity index is 1.74. The summed E-state index contributed by atoms with van der Waals surface area (Å²) in [7, 11) is 0. The second-order valence-electron chi connectivity index (χ2n) is 5.34. The fourth-order valence-electron chi connectivity index (χ4n) is 2.03. The summed E-state index contributed by atoms with van der Waals surface area (Å²) in [4.78, 5) is 15.5. The van der Waals surface area contributed by atoms with Gasteiger partial charge in [0.1, 0.15) is 0 Å². The first-order valence-corrected chi connectivity index (χ1v) is 7.61. The fraction of sp³-hybridized carbons (Fsp3) is 0.643. The van der Waals surface area contributed by atoms with Crippen LogP contribution < -0.4 is 5.32 Å². The zero-order valence-electron chi connectivity index (χ0n) is 11.2. The average molecular weight is 266 g/mol. The van der Waals surface area contributed by atoms with Gasteiger partial charge in [-0.15, -0.1) is 11.3 Å². The Hall–Kier alpha value is -1.03. The van der Waals surface area contributed by atoms with Crippen LogP contribution in [0.25, 0.3) is 0 Å². The van der Waals surface area contributed by atoms with Crippen molar-refractivity contribution in [3.8, 4) is 0 Å². The maximum absolute atomic E-state index is 12.1. The van der Waals surface area contributed by atoms with Crippen molar-refractivity contribution in [3.63, 3.8) is 0 Å². The van der Waals surface area contributed by atoms with Gasteiger partial charge in [-0.2, -0.15) is 0 Å². The first kappa shape index (κ1) is 13.4. The molecule has 2 rings (SSSR count). The van der Waals surface area contributed by atoms with Gasteiger partial charge in [0.2, 0.25) is 0 Å². The molecule has 1 aromatic heterocycles. The van der Waals surface area contributed by atoms with E-state index in [4.69, 9.17) is 0 Å². The molecule has 0 atom stereocenters. The van der Waals surface area contributed by atoms with Crippen molar-refractivity contribution in [1.82, 2.24) is 10.2 Å². The maximum atomic E-state index is 12.1. The number of carbonyl (C=O) groups is 1. The highest BCUT2D eigenvalue weighted by atomic mass is 32.1. The molecule has 1 aliphatic rings. The largest absolute Gasteiger partial charge is 0.338 e. The van der Waals surface area contributed by atoms with Crippen LogP contribution in [0.3, 0.4) is 0 Å². The zero-order valence-corrected chi connectivity index (χ0v) is 12.0. The van der Waals surface area contributed by atoms with E-state index in [0.29, 0.717) is 12.0 Å². The maximum Gasteiger partial charge on any atom is 0.317 e. The Morgan fingerprint density at radius 3 is 2.89 bits per heavy atom. The lowest BCUT2D eigenvalue weighted by Gasteiger charge is -2.24. The Kier molecular flexibility index (Phi) is 4.64. The Bertz CT molecular complexity index is 371. The number of urea groups is 1. The van der Waals surface area contributed by atoms with Crippen LogP contribution in [0.15, 0.2) is 17.5 Å². The number of amides is 2. The smallest absolute Gasteiger partial charge is 0.317 e. The van der Waals surface area contributed by atoms with Crippen molar-refractivity contribution in [2.24, 2.45) is 5.92 Å². The molecule has 1 N–H and O–H groups in total. The van der Waals surface area contributed by atoms with Gasteiger partial charge in [0.15, 0.2) is 0 Å².